The lowest BCUT2D eigenvalue weighted by Crippen LogP contribution is -2.20. The third kappa shape index (κ3) is 2.48. The van der Waals surface area contributed by atoms with E-state index >= 15 is 0 Å². The molecule has 92 valence electrons. The second-order valence-corrected chi connectivity index (χ2v) is 4.16. The van der Waals surface area contributed by atoms with E-state index in [1.54, 1.807) is 12.3 Å². The van der Waals surface area contributed by atoms with E-state index in [4.69, 9.17) is 9.68 Å². The maximum absolute atomic E-state index is 8.90. The summed E-state index contributed by atoms with van der Waals surface area (Å²) in [5.41, 5.74) is 2.25. The quantitative estimate of drug-likeness (QED) is 0.825. The summed E-state index contributed by atoms with van der Waals surface area (Å²) in [6, 6.07) is 5.63. The van der Waals surface area contributed by atoms with E-state index in [-0.39, 0.29) is 0 Å². The van der Waals surface area contributed by atoms with Gasteiger partial charge in [0.05, 0.1) is 6.26 Å². The molecule has 2 aromatic rings. The zero-order valence-corrected chi connectivity index (χ0v) is 10.6. The number of aryl methyl sites for hydroxylation is 2. The van der Waals surface area contributed by atoms with Gasteiger partial charge in [0.15, 0.2) is 0 Å². The van der Waals surface area contributed by atoms with Gasteiger partial charge in [0.2, 0.25) is 5.95 Å². The molecule has 0 aliphatic heterocycles. The van der Waals surface area contributed by atoms with Crippen LogP contribution in [-0.4, -0.2) is 17.0 Å². The fraction of sp³-hybridized carbons (Fsp3) is 0.308. The molecule has 0 aliphatic rings. The summed E-state index contributed by atoms with van der Waals surface area (Å²) in [6.45, 7) is 4.42. The Bertz CT molecular complexity index is 597. The number of furan rings is 1. The van der Waals surface area contributed by atoms with Gasteiger partial charge >= 0.3 is 0 Å². The number of hydrogen-bond acceptors (Lipinski definition) is 5. The molecule has 0 amide bonds. The second-order valence-electron chi connectivity index (χ2n) is 4.16. The van der Waals surface area contributed by atoms with Crippen molar-refractivity contribution < 1.29 is 4.42 Å². The molecular formula is C13H14N4O. The van der Waals surface area contributed by atoms with Crippen LogP contribution in [0.2, 0.25) is 0 Å². The lowest BCUT2D eigenvalue weighted by molar-refractivity contribution is 0.529. The fourth-order valence-electron chi connectivity index (χ4n) is 1.68. The van der Waals surface area contributed by atoms with E-state index < -0.39 is 0 Å². The molecule has 0 spiro atoms. The third-order valence-corrected chi connectivity index (χ3v) is 2.67. The number of anilines is 1. The van der Waals surface area contributed by atoms with Gasteiger partial charge < -0.3 is 9.32 Å². The van der Waals surface area contributed by atoms with Crippen LogP contribution in [0.4, 0.5) is 5.95 Å². The Balaban J connectivity index is 2.24. The van der Waals surface area contributed by atoms with E-state index in [2.05, 4.69) is 9.97 Å². The molecule has 0 saturated heterocycles. The lowest BCUT2D eigenvalue weighted by atomic mass is 10.2. The molecule has 0 bridgehead atoms. The van der Waals surface area contributed by atoms with Gasteiger partial charge in [-0.15, -0.1) is 0 Å². The summed E-state index contributed by atoms with van der Waals surface area (Å²) in [4.78, 5) is 10.4. The van der Waals surface area contributed by atoms with Gasteiger partial charge in [-0.3, -0.25) is 0 Å². The van der Waals surface area contributed by atoms with Crippen molar-refractivity contribution in [3.05, 3.63) is 41.1 Å². The van der Waals surface area contributed by atoms with E-state index in [9.17, 15) is 0 Å². The molecule has 2 rings (SSSR count). The monoisotopic (exact) mass is 242 g/mol. The minimum absolute atomic E-state index is 0.383. The highest BCUT2D eigenvalue weighted by atomic mass is 16.3. The summed E-state index contributed by atoms with van der Waals surface area (Å²) >= 11 is 0. The van der Waals surface area contributed by atoms with Crippen LogP contribution in [-0.2, 0) is 6.54 Å². The SMILES string of the molecule is Cc1cc(C#N)nc(N(C)Cc2ccoc2C)n1. The molecule has 2 aromatic heterocycles. The summed E-state index contributed by atoms with van der Waals surface area (Å²) in [7, 11) is 1.89. The standard InChI is InChI=1S/C13H14N4O/c1-9-6-12(7-14)16-13(15-9)17(3)8-11-4-5-18-10(11)2/h4-6H,8H2,1-3H3. The maximum Gasteiger partial charge on any atom is 0.226 e. The highest BCUT2D eigenvalue weighted by molar-refractivity contribution is 5.36. The van der Waals surface area contributed by atoms with Gasteiger partial charge in [-0.1, -0.05) is 0 Å². The van der Waals surface area contributed by atoms with Crippen LogP contribution >= 0.6 is 0 Å². The number of nitriles is 1. The molecule has 5 heteroatoms. The van der Waals surface area contributed by atoms with Gasteiger partial charge in [-0.25, -0.2) is 9.97 Å². The Morgan fingerprint density at radius 1 is 1.39 bits per heavy atom. The Kier molecular flexibility index (Phi) is 3.28. The molecule has 2 heterocycles. The van der Waals surface area contributed by atoms with Crippen molar-refractivity contribution in [2.45, 2.75) is 20.4 Å². The first-order valence-corrected chi connectivity index (χ1v) is 5.60. The minimum Gasteiger partial charge on any atom is -0.469 e. The molecule has 0 aromatic carbocycles. The van der Waals surface area contributed by atoms with Crippen molar-refractivity contribution in [1.82, 2.24) is 9.97 Å². The summed E-state index contributed by atoms with van der Waals surface area (Å²) in [5, 5.41) is 8.90. The first kappa shape index (κ1) is 12.1. The average molecular weight is 242 g/mol. The van der Waals surface area contributed by atoms with Crippen molar-refractivity contribution >= 4 is 5.95 Å². The molecule has 0 aliphatic carbocycles. The van der Waals surface area contributed by atoms with E-state index in [1.165, 1.54) is 0 Å². The largest absolute Gasteiger partial charge is 0.469 e. The Morgan fingerprint density at radius 2 is 2.17 bits per heavy atom. The van der Waals surface area contributed by atoms with Crippen LogP contribution in [0.5, 0.6) is 0 Å². The molecule has 18 heavy (non-hydrogen) atoms. The number of aromatic nitrogens is 2. The highest BCUT2D eigenvalue weighted by Crippen LogP contribution is 2.15. The lowest BCUT2D eigenvalue weighted by Gasteiger charge is -2.16. The highest BCUT2D eigenvalue weighted by Gasteiger charge is 2.10. The van der Waals surface area contributed by atoms with E-state index in [0.29, 0.717) is 18.2 Å². The molecular weight excluding hydrogens is 228 g/mol. The summed E-state index contributed by atoms with van der Waals surface area (Å²) in [5.74, 6) is 1.43. The first-order valence-electron chi connectivity index (χ1n) is 5.60. The van der Waals surface area contributed by atoms with Crippen molar-refractivity contribution in [3.63, 3.8) is 0 Å². The molecule has 0 atom stereocenters. The van der Waals surface area contributed by atoms with Gasteiger partial charge in [0, 0.05) is 24.8 Å². The smallest absolute Gasteiger partial charge is 0.226 e. The van der Waals surface area contributed by atoms with Crippen molar-refractivity contribution in [2.75, 3.05) is 11.9 Å². The zero-order valence-electron chi connectivity index (χ0n) is 10.6. The zero-order chi connectivity index (χ0) is 13.1. The number of rotatable bonds is 3. The normalized spacial score (nSPS) is 10.1. The molecule has 0 fully saturated rings. The third-order valence-electron chi connectivity index (χ3n) is 2.67. The van der Waals surface area contributed by atoms with Crippen LogP contribution in [0.3, 0.4) is 0 Å². The fourth-order valence-corrected chi connectivity index (χ4v) is 1.68. The predicted octanol–water partition coefficient (Wildman–Crippen LogP) is 2.19. The van der Waals surface area contributed by atoms with Crippen LogP contribution in [0, 0.1) is 25.2 Å². The summed E-state index contributed by atoms with van der Waals surface area (Å²) < 4.78 is 5.25. The van der Waals surface area contributed by atoms with Crippen LogP contribution in [0.15, 0.2) is 22.8 Å². The predicted molar refractivity (Wildman–Crippen MR) is 67.0 cm³/mol. The van der Waals surface area contributed by atoms with Crippen LogP contribution in [0.25, 0.3) is 0 Å². The molecule has 0 saturated carbocycles. The number of nitrogens with zero attached hydrogens (tertiary/aromatic N) is 4. The topological polar surface area (TPSA) is 66.0 Å². The van der Waals surface area contributed by atoms with Gasteiger partial charge in [-0.05, 0) is 26.0 Å². The van der Waals surface area contributed by atoms with Crippen LogP contribution < -0.4 is 4.90 Å². The molecule has 0 unspecified atom stereocenters. The van der Waals surface area contributed by atoms with Crippen molar-refractivity contribution in [2.24, 2.45) is 0 Å². The second kappa shape index (κ2) is 4.88. The van der Waals surface area contributed by atoms with E-state index in [1.807, 2.05) is 37.9 Å². The molecule has 0 N–H and O–H groups in total. The summed E-state index contributed by atoms with van der Waals surface area (Å²) in [6.07, 6.45) is 1.66. The van der Waals surface area contributed by atoms with Gasteiger partial charge in [-0.2, -0.15) is 5.26 Å². The molecule has 0 radical (unpaired) electrons. The Labute approximate surface area is 106 Å². The van der Waals surface area contributed by atoms with Crippen molar-refractivity contribution in [3.8, 4) is 6.07 Å². The van der Waals surface area contributed by atoms with Gasteiger partial charge in [0.1, 0.15) is 17.5 Å². The maximum atomic E-state index is 8.90. The van der Waals surface area contributed by atoms with Crippen LogP contribution in [0.1, 0.15) is 22.7 Å². The van der Waals surface area contributed by atoms with E-state index in [0.717, 1.165) is 17.0 Å². The minimum atomic E-state index is 0.383. The average Bonchev–Trinajstić information content (AvgIpc) is 2.74. The first-order chi connectivity index (χ1) is 8.60. The van der Waals surface area contributed by atoms with Gasteiger partial charge in [0.25, 0.3) is 0 Å². The Morgan fingerprint density at radius 3 is 2.78 bits per heavy atom. The molecule has 5 nitrogen and oxygen atoms in total. The Hall–Kier alpha value is -2.35. The number of hydrogen-bond donors (Lipinski definition) is 0. The van der Waals surface area contributed by atoms with Crippen molar-refractivity contribution in [1.29, 1.82) is 5.26 Å².